The number of phosphoric ester groups is 1. The number of methoxy groups -OCH3 is 2. The zero-order valence-corrected chi connectivity index (χ0v) is 21.1. The topological polar surface area (TPSA) is 163 Å². The third-order valence-electron chi connectivity index (χ3n) is 8.29. The molecule has 7 rings (SSSR count). The number of benzene rings is 2. The van der Waals surface area contributed by atoms with Gasteiger partial charge in [-0.2, -0.15) is 0 Å². The second kappa shape index (κ2) is 7.22. The van der Waals surface area contributed by atoms with Crippen LogP contribution in [0.3, 0.4) is 0 Å². The van der Waals surface area contributed by atoms with Crippen LogP contribution in [0.25, 0.3) is 10.8 Å². The molecule has 2 aromatic rings. The lowest BCUT2D eigenvalue weighted by atomic mass is 9.78. The van der Waals surface area contributed by atoms with E-state index in [0.717, 1.165) is 5.56 Å². The summed E-state index contributed by atoms with van der Waals surface area (Å²) < 4.78 is 53.0. The normalized spacial score (nSPS) is 35.0. The van der Waals surface area contributed by atoms with Crippen LogP contribution < -0.4 is 9.47 Å². The largest absolute Gasteiger partial charge is 0.506 e. The molecule has 0 aromatic heterocycles. The Morgan fingerprint density at radius 3 is 2.62 bits per heavy atom. The molecule has 5 atom stereocenters. The highest BCUT2D eigenvalue weighted by atomic mass is 31.2. The summed E-state index contributed by atoms with van der Waals surface area (Å²) in [4.78, 5) is 31.6. The summed E-state index contributed by atoms with van der Waals surface area (Å²) in [5, 5.41) is 12.4. The Hall–Kier alpha value is -2.28. The van der Waals surface area contributed by atoms with Gasteiger partial charge < -0.3 is 43.3 Å². The minimum Gasteiger partial charge on any atom is -0.506 e. The number of carbonyl (C=O) groups excluding carboxylic acids is 1. The van der Waals surface area contributed by atoms with E-state index in [9.17, 15) is 24.3 Å². The molecule has 0 radical (unpaired) electrons. The number of hydrogen-bond acceptors (Lipinski definition) is 10. The maximum absolute atomic E-state index is 12.9. The van der Waals surface area contributed by atoms with Crippen molar-refractivity contribution in [3.05, 3.63) is 28.3 Å². The van der Waals surface area contributed by atoms with Crippen LogP contribution in [0.4, 0.5) is 0 Å². The molecule has 1 spiro atoms. The van der Waals surface area contributed by atoms with E-state index in [-0.39, 0.29) is 34.8 Å². The molecule has 0 amide bonds. The van der Waals surface area contributed by atoms with Crippen LogP contribution in [0, 0.1) is 6.92 Å². The van der Waals surface area contributed by atoms with Crippen molar-refractivity contribution in [2.45, 2.75) is 55.6 Å². The lowest BCUT2D eigenvalue weighted by Crippen LogP contribution is -2.68. The highest BCUT2D eigenvalue weighted by Gasteiger charge is 2.91. The zero-order chi connectivity index (χ0) is 26.1. The van der Waals surface area contributed by atoms with Gasteiger partial charge in [0, 0.05) is 30.0 Å². The molecule has 5 aliphatic rings. The number of aromatic hydroxyl groups is 1. The molecule has 37 heavy (non-hydrogen) atoms. The highest BCUT2D eigenvalue weighted by molar-refractivity contribution is 7.46. The number of phenolic OH excluding ortho intramolecular Hbond substituents is 1. The van der Waals surface area contributed by atoms with E-state index in [0.29, 0.717) is 41.5 Å². The molecular formula is C24H25O12P. The van der Waals surface area contributed by atoms with Crippen molar-refractivity contribution in [3.8, 4) is 17.2 Å². The zero-order valence-electron chi connectivity index (χ0n) is 20.2. The van der Waals surface area contributed by atoms with E-state index in [1.165, 1.54) is 14.2 Å². The van der Waals surface area contributed by atoms with Crippen molar-refractivity contribution < 1.29 is 57.2 Å². The van der Waals surface area contributed by atoms with Crippen molar-refractivity contribution >= 4 is 24.4 Å². The van der Waals surface area contributed by atoms with Gasteiger partial charge >= 0.3 is 7.82 Å². The highest BCUT2D eigenvalue weighted by Crippen LogP contribution is 2.71. The minimum atomic E-state index is -4.86. The summed E-state index contributed by atoms with van der Waals surface area (Å²) in [7, 11) is -1.92. The summed E-state index contributed by atoms with van der Waals surface area (Å²) in [5.41, 5.74) is 0.794. The Morgan fingerprint density at radius 1 is 1.22 bits per heavy atom. The van der Waals surface area contributed by atoms with Gasteiger partial charge in [-0.05, 0) is 31.4 Å². The van der Waals surface area contributed by atoms with Crippen molar-refractivity contribution in [2.24, 2.45) is 0 Å². The number of rotatable bonds is 5. The van der Waals surface area contributed by atoms with Gasteiger partial charge in [0.2, 0.25) is 11.4 Å². The van der Waals surface area contributed by atoms with E-state index >= 15 is 0 Å². The number of carbonyl (C=O) groups is 1. The van der Waals surface area contributed by atoms with Crippen molar-refractivity contribution in [1.82, 2.24) is 0 Å². The standard InChI is InChI=1S/C24H25O12P/c1-10-7-12-16(17(26)15-11(18(12)30-2)5-4-6-13(15)25)19-14(10)20-21-24(31-3,35-19)22(8-32-22)23(34-20,36-21)9-33-37(27,28)29/h7,20-21,26H,4-6,8-9H2,1-3H3,(H2,27,28,29)/t20?,21?,22-,23?,24-/m1/s1. The maximum atomic E-state index is 12.9. The fraction of sp³-hybridized carbons (Fsp3) is 0.542. The lowest BCUT2D eigenvalue weighted by Gasteiger charge is -2.48. The van der Waals surface area contributed by atoms with E-state index in [1.54, 1.807) is 0 Å². The van der Waals surface area contributed by atoms with Crippen molar-refractivity contribution in [3.63, 3.8) is 0 Å². The Morgan fingerprint density at radius 2 is 1.97 bits per heavy atom. The number of phenols is 1. The van der Waals surface area contributed by atoms with Crippen LogP contribution >= 0.6 is 7.82 Å². The van der Waals surface area contributed by atoms with Gasteiger partial charge in [-0.15, -0.1) is 0 Å². The molecule has 12 nitrogen and oxygen atoms in total. The molecule has 198 valence electrons. The number of fused-ring (bicyclic) bond motifs is 8. The van der Waals surface area contributed by atoms with Crippen LogP contribution in [-0.4, -0.2) is 71.4 Å². The van der Waals surface area contributed by atoms with Crippen LogP contribution in [0.5, 0.6) is 17.2 Å². The first-order chi connectivity index (χ1) is 17.5. The average molecular weight is 536 g/mol. The first kappa shape index (κ1) is 23.8. The monoisotopic (exact) mass is 536 g/mol. The number of hydrogen-bond donors (Lipinski definition) is 3. The summed E-state index contributed by atoms with van der Waals surface area (Å²) in [6.07, 6.45) is -0.110. The Bertz CT molecular complexity index is 1440. The van der Waals surface area contributed by atoms with Crippen LogP contribution in [0.1, 0.15) is 46.0 Å². The van der Waals surface area contributed by atoms with Crippen LogP contribution in [-0.2, 0) is 34.5 Å². The predicted molar refractivity (Wildman–Crippen MR) is 123 cm³/mol. The van der Waals surface area contributed by atoms with Gasteiger partial charge in [0.15, 0.2) is 11.9 Å². The van der Waals surface area contributed by atoms with Crippen molar-refractivity contribution in [1.29, 1.82) is 0 Å². The van der Waals surface area contributed by atoms with E-state index in [1.807, 2.05) is 13.0 Å². The number of Topliss-reactive ketones (excluding diaryl/α,β-unsaturated/α-hetero) is 1. The maximum Gasteiger partial charge on any atom is 0.469 e. The van der Waals surface area contributed by atoms with Crippen LogP contribution in [0.15, 0.2) is 6.07 Å². The van der Waals surface area contributed by atoms with Gasteiger partial charge in [-0.3, -0.25) is 9.32 Å². The fourth-order valence-electron chi connectivity index (χ4n) is 6.74. The van der Waals surface area contributed by atoms with Crippen LogP contribution in [0.2, 0.25) is 0 Å². The molecule has 13 heteroatoms. The molecular weight excluding hydrogens is 511 g/mol. The molecule has 4 heterocycles. The van der Waals surface area contributed by atoms with Gasteiger partial charge in [0.1, 0.15) is 30.0 Å². The number of ketones is 1. The predicted octanol–water partition coefficient (Wildman–Crippen LogP) is 2.16. The molecule has 2 aromatic carbocycles. The SMILES string of the molecule is COc1c2c(c(O)c3c4c(c(C)cc13)C1OC3(COP(=O)(O)O)OC1[C@@](OC)(O4)[C@@]31CO1)C(=O)CCC2. The second-order valence-electron chi connectivity index (χ2n) is 10.1. The summed E-state index contributed by atoms with van der Waals surface area (Å²) in [6.45, 7) is 1.28. The number of ether oxygens (including phenoxy) is 6. The van der Waals surface area contributed by atoms with Gasteiger partial charge in [0.25, 0.3) is 5.79 Å². The quantitative estimate of drug-likeness (QED) is 0.378. The molecule has 2 bridgehead atoms. The summed E-state index contributed by atoms with van der Waals surface area (Å²) >= 11 is 0. The third kappa shape index (κ3) is 2.72. The number of epoxide rings is 1. The fourth-order valence-corrected chi connectivity index (χ4v) is 7.08. The lowest BCUT2D eigenvalue weighted by molar-refractivity contribution is -0.293. The molecule has 3 unspecified atom stereocenters. The second-order valence-corrected chi connectivity index (χ2v) is 11.3. The molecule has 3 saturated heterocycles. The van der Waals surface area contributed by atoms with E-state index < -0.39 is 43.8 Å². The van der Waals surface area contributed by atoms with E-state index in [2.05, 4.69) is 0 Å². The number of aryl methyl sites for hydroxylation is 1. The first-order valence-electron chi connectivity index (χ1n) is 11.9. The minimum absolute atomic E-state index is 0.0524. The third-order valence-corrected chi connectivity index (χ3v) is 8.76. The van der Waals surface area contributed by atoms with Gasteiger partial charge in [-0.25, -0.2) is 4.57 Å². The number of phosphoric acid groups is 1. The average Bonchev–Trinajstić information content (AvgIpc) is 3.51. The molecule has 0 saturated carbocycles. The summed E-state index contributed by atoms with van der Waals surface area (Å²) in [5.74, 6) is -2.91. The molecule has 3 N–H and O–H groups in total. The van der Waals surface area contributed by atoms with Crippen molar-refractivity contribution in [2.75, 3.05) is 27.4 Å². The Labute approximate surface area is 210 Å². The Kier molecular flexibility index (Phi) is 4.64. The Balaban J connectivity index is 1.49. The van der Waals surface area contributed by atoms with Gasteiger partial charge in [0.05, 0.1) is 24.7 Å². The van der Waals surface area contributed by atoms with E-state index in [4.69, 9.17) is 32.9 Å². The molecule has 4 aliphatic heterocycles. The summed E-state index contributed by atoms with van der Waals surface area (Å²) in [6, 6.07) is 1.84. The molecule has 3 fully saturated rings. The molecule has 1 aliphatic carbocycles. The smallest absolute Gasteiger partial charge is 0.469 e. The van der Waals surface area contributed by atoms with Gasteiger partial charge in [-0.1, -0.05) is 0 Å². The first-order valence-corrected chi connectivity index (χ1v) is 13.4.